The van der Waals surface area contributed by atoms with E-state index in [1.165, 1.54) is 0 Å². The third kappa shape index (κ3) is 1.17. The van der Waals surface area contributed by atoms with Gasteiger partial charge in [0.25, 0.3) is 0 Å². The fourth-order valence-electron chi connectivity index (χ4n) is 0.997. The maximum absolute atomic E-state index is 4.24. The number of fused-ring (bicyclic) bond motifs is 1. The molecular formula is C7H5Br2N3. The van der Waals surface area contributed by atoms with Gasteiger partial charge in [-0.15, -0.1) is 0 Å². The quantitative estimate of drug-likeness (QED) is 0.755. The molecule has 0 spiro atoms. The summed E-state index contributed by atoms with van der Waals surface area (Å²) in [7, 11) is 0. The third-order valence-corrected chi connectivity index (χ3v) is 2.95. The minimum absolute atomic E-state index is 0.733. The molecule has 0 aliphatic heterocycles. The summed E-state index contributed by atoms with van der Waals surface area (Å²) in [5, 5.41) is 9.04. The van der Waals surface area contributed by atoms with Crippen LogP contribution in [0, 0.1) is 0 Å². The lowest BCUT2D eigenvalue weighted by Crippen LogP contribution is -1.91. The molecule has 12 heavy (non-hydrogen) atoms. The molecule has 2 aromatic rings. The summed E-state index contributed by atoms with van der Waals surface area (Å²) >= 11 is 6.81. The van der Waals surface area contributed by atoms with E-state index >= 15 is 0 Å². The summed E-state index contributed by atoms with van der Waals surface area (Å²) in [5.74, 6) is 0. The fourth-order valence-corrected chi connectivity index (χ4v) is 2.28. The predicted octanol–water partition coefficient (Wildman–Crippen LogP) is 2.39. The smallest absolute Gasteiger partial charge is 0.102 e. The molecule has 0 unspecified atom stereocenters. The number of rotatable bonds is 1. The molecule has 0 radical (unpaired) electrons. The second-order valence-corrected chi connectivity index (χ2v) is 3.65. The van der Waals surface area contributed by atoms with Gasteiger partial charge in [0.15, 0.2) is 0 Å². The Morgan fingerprint density at radius 2 is 2.33 bits per heavy atom. The number of hydrogen-bond donors (Lipinski definition) is 0. The highest BCUT2D eigenvalue weighted by Gasteiger charge is 2.07. The van der Waals surface area contributed by atoms with Crippen molar-refractivity contribution in [3.63, 3.8) is 0 Å². The van der Waals surface area contributed by atoms with E-state index in [2.05, 4.69) is 42.1 Å². The SMILES string of the molecule is BrCc1nn2ncccc2c1Br. The Labute approximate surface area is 86.0 Å². The first-order chi connectivity index (χ1) is 5.83. The molecule has 0 N–H and O–H groups in total. The van der Waals surface area contributed by atoms with E-state index in [1.807, 2.05) is 12.1 Å². The van der Waals surface area contributed by atoms with Crippen LogP contribution in [0.15, 0.2) is 22.8 Å². The van der Waals surface area contributed by atoms with Crippen molar-refractivity contribution in [1.82, 2.24) is 14.8 Å². The van der Waals surface area contributed by atoms with Gasteiger partial charge in [-0.1, -0.05) is 15.9 Å². The van der Waals surface area contributed by atoms with Crippen LogP contribution in [-0.2, 0) is 5.33 Å². The lowest BCUT2D eigenvalue weighted by molar-refractivity contribution is 0.786. The van der Waals surface area contributed by atoms with E-state index in [0.717, 1.165) is 21.0 Å². The lowest BCUT2D eigenvalue weighted by Gasteiger charge is -1.87. The number of aromatic nitrogens is 3. The highest BCUT2D eigenvalue weighted by molar-refractivity contribution is 9.11. The summed E-state index contributed by atoms with van der Waals surface area (Å²) in [6.07, 6.45) is 1.71. The minimum Gasteiger partial charge on any atom is -0.159 e. The maximum atomic E-state index is 4.24. The lowest BCUT2D eigenvalue weighted by atomic mass is 10.4. The first-order valence-corrected chi connectivity index (χ1v) is 5.29. The van der Waals surface area contributed by atoms with Crippen molar-refractivity contribution in [2.45, 2.75) is 5.33 Å². The maximum Gasteiger partial charge on any atom is 0.102 e. The zero-order chi connectivity index (χ0) is 8.55. The van der Waals surface area contributed by atoms with Gasteiger partial charge in [-0.05, 0) is 28.1 Å². The van der Waals surface area contributed by atoms with Gasteiger partial charge < -0.3 is 0 Å². The second kappa shape index (κ2) is 3.14. The van der Waals surface area contributed by atoms with Crippen molar-refractivity contribution in [1.29, 1.82) is 0 Å². The Hall–Kier alpha value is -0.420. The number of hydrogen-bond acceptors (Lipinski definition) is 2. The summed E-state index contributed by atoms with van der Waals surface area (Å²) in [4.78, 5) is 0. The molecule has 0 saturated carbocycles. The van der Waals surface area contributed by atoms with Crippen molar-refractivity contribution in [2.75, 3.05) is 0 Å². The van der Waals surface area contributed by atoms with E-state index in [9.17, 15) is 0 Å². The van der Waals surface area contributed by atoms with Crippen LogP contribution in [-0.4, -0.2) is 14.8 Å². The standard InChI is InChI=1S/C7H5Br2N3/c8-4-5-7(9)6-2-1-3-10-12(6)11-5/h1-3H,4H2. The predicted molar refractivity (Wildman–Crippen MR) is 53.3 cm³/mol. The topological polar surface area (TPSA) is 30.2 Å². The third-order valence-electron chi connectivity index (χ3n) is 1.55. The number of alkyl halides is 1. The molecule has 0 saturated heterocycles. The summed E-state index contributed by atoms with van der Waals surface area (Å²) < 4.78 is 2.62. The molecule has 0 bridgehead atoms. The van der Waals surface area contributed by atoms with Gasteiger partial charge in [-0.25, -0.2) is 0 Å². The van der Waals surface area contributed by atoms with E-state index in [1.54, 1.807) is 10.8 Å². The molecule has 62 valence electrons. The Morgan fingerprint density at radius 1 is 1.50 bits per heavy atom. The van der Waals surface area contributed by atoms with Crippen LogP contribution >= 0.6 is 31.9 Å². The molecule has 2 aromatic heterocycles. The van der Waals surface area contributed by atoms with Crippen molar-refractivity contribution in [3.05, 3.63) is 28.5 Å². The monoisotopic (exact) mass is 289 g/mol. The van der Waals surface area contributed by atoms with E-state index in [-0.39, 0.29) is 0 Å². The molecule has 0 aliphatic carbocycles. The van der Waals surface area contributed by atoms with Crippen LogP contribution in [0.5, 0.6) is 0 Å². The Kier molecular flexibility index (Phi) is 2.14. The first-order valence-electron chi connectivity index (χ1n) is 3.37. The van der Waals surface area contributed by atoms with Gasteiger partial charge in [-0.2, -0.15) is 14.8 Å². The van der Waals surface area contributed by atoms with Crippen molar-refractivity contribution >= 4 is 37.4 Å². The zero-order valence-corrected chi connectivity index (χ0v) is 9.21. The zero-order valence-electron chi connectivity index (χ0n) is 6.04. The highest BCUT2D eigenvalue weighted by Crippen LogP contribution is 2.22. The fraction of sp³-hybridized carbons (Fsp3) is 0.143. The molecule has 0 aliphatic rings. The minimum atomic E-state index is 0.733. The average molecular weight is 291 g/mol. The van der Waals surface area contributed by atoms with Gasteiger partial charge >= 0.3 is 0 Å². The molecule has 0 amide bonds. The summed E-state index contributed by atoms with van der Waals surface area (Å²) in [5.41, 5.74) is 1.96. The van der Waals surface area contributed by atoms with Gasteiger partial charge in [-0.3, -0.25) is 0 Å². The molecule has 0 aromatic carbocycles. The van der Waals surface area contributed by atoms with Crippen LogP contribution in [0.2, 0.25) is 0 Å². The van der Waals surface area contributed by atoms with Crippen LogP contribution < -0.4 is 0 Å². The Balaban J connectivity index is 2.78. The Bertz CT molecular complexity index is 410. The highest BCUT2D eigenvalue weighted by atomic mass is 79.9. The van der Waals surface area contributed by atoms with Crippen molar-refractivity contribution in [3.8, 4) is 0 Å². The van der Waals surface area contributed by atoms with E-state index in [0.29, 0.717) is 0 Å². The normalized spacial score (nSPS) is 10.8. The van der Waals surface area contributed by atoms with Crippen LogP contribution in [0.4, 0.5) is 0 Å². The average Bonchev–Trinajstić information content (AvgIpc) is 2.44. The van der Waals surface area contributed by atoms with Gasteiger partial charge in [0, 0.05) is 11.5 Å². The summed E-state index contributed by atoms with van der Waals surface area (Å²) in [6.45, 7) is 0. The first kappa shape index (κ1) is 8.19. The van der Waals surface area contributed by atoms with Gasteiger partial charge in [0.1, 0.15) is 5.52 Å². The van der Waals surface area contributed by atoms with Crippen LogP contribution in [0.25, 0.3) is 5.52 Å². The number of halogens is 2. The second-order valence-electron chi connectivity index (χ2n) is 2.29. The van der Waals surface area contributed by atoms with Gasteiger partial charge in [0.05, 0.1) is 10.2 Å². The molecular weight excluding hydrogens is 286 g/mol. The van der Waals surface area contributed by atoms with E-state index in [4.69, 9.17) is 0 Å². The molecule has 0 atom stereocenters. The molecule has 0 fully saturated rings. The molecule has 2 heterocycles. The largest absolute Gasteiger partial charge is 0.159 e. The van der Waals surface area contributed by atoms with Crippen LogP contribution in [0.1, 0.15) is 5.69 Å². The molecule has 5 heteroatoms. The Morgan fingerprint density at radius 3 is 3.00 bits per heavy atom. The summed E-state index contributed by atoms with van der Waals surface area (Å²) in [6, 6.07) is 3.86. The van der Waals surface area contributed by atoms with Crippen molar-refractivity contribution < 1.29 is 0 Å². The van der Waals surface area contributed by atoms with Crippen molar-refractivity contribution in [2.24, 2.45) is 0 Å². The van der Waals surface area contributed by atoms with Gasteiger partial charge in [0.2, 0.25) is 0 Å². The number of nitrogens with zero attached hydrogens (tertiary/aromatic N) is 3. The molecule has 2 rings (SSSR count). The molecule has 3 nitrogen and oxygen atoms in total. The van der Waals surface area contributed by atoms with E-state index < -0.39 is 0 Å². The van der Waals surface area contributed by atoms with Crippen LogP contribution in [0.3, 0.4) is 0 Å².